The van der Waals surface area contributed by atoms with Crippen LogP contribution < -0.4 is 5.32 Å². The van der Waals surface area contributed by atoms with Crippen LogP contribution >= 0.6 is 0 Å². The molecular weight excluding hydrogens is 166 g/mol. The number of hydrogen-bond acceptors (Lipinski definition) is 3. The third kappa shape index (κ3) is 25.8. The third-order valence-electron chi connectivity index (χ3n) is 0.756. The van der Waals surface area contributed by atoms with Crippen LogP contribution in [0, 0.1) is 0 Å². The van der Waals surface area contributed by atoms with Gasteiger partial charge in [-0.2, -0.15) is 8.42 Å². The summed E-state index contributed by atoms with van der Waals surface area (Å²) in [4.78, 5) is 0. The van der Waals surface area contributed by atoms with Gasteiger partial charge in [0.2, 0.25) is 0 Å². The molecule has 0 fully saturated rings. The van der Waals surface area contributed by atoms with Crippen molar-refractivity contribution in [3.8, 4) is 0 Å². The van der Waals surface area contributed by atoms with Gasteiger partial charge in [0.1, 0.15) is 0 Å². The molecule has 0 aliphatic rings. The average Bonchev–Trinajstić information content (AvgIpc) is 1.84. The van der Waals surface area contributed by atoms with Gasteiger partial charge in [-0.1, -0.05) is 13.3 Å². The molecule has 0 saturated carbocycles. The Morgan fingerprint density at radius 3 is 1.82 bits per heavy atom. The SMILES string of the molecule is CCCCS(=O)(=O)O.CNC. The van der Waals surface area contributed by atoms with Crippen molar-refractivity contribution in [1.29, 1.82) is 0 Å². The molecule has 5 heteroatoms. The van der Waals surface area contributed by atoms with E-state index in [1.807, 2.05) is 21.0 Å². The first-order chi connectivity index (χ1) is 4.97. The van der Waals surface area contributed by atoms with Crippen LogP contribution in [0.25, 0.3) is 0 Å². The first kappa shape index (κ1) is 13.5. The zero-order valence-corrected chi connectivity index (χ0v) is 8.11. The number of rotatable bonds is 3. The molecule has 0 bridgehead atoms. The quantitative estimate of drug-likeness (QED) is 0.626. The van der Waals surface area contributed by atoms with Crippen LogP contribution in [0.3, 0.4) is 0 Å². The first-order valence-electron chi connectivity index (χ1n) is 3.51. The highest BCUT2D eigenvalue weighted by Gasteiger charge is 2.00. The van der Waals surface area contributed by atoms with Crippen LogP contribution in [0.2, 0.25) is 0 Å². The van der Waals surface area contributed by atoms with E-state index in [1.165, 1.54) is 0 Å². The Hall–Kier alpha value is -0.130. The molecule has 0 aliphatic carbocycles. The van der Waals surface area contributed by atoms with E-state index >= 15 is 0 Å². The van der Waals surface area contributed by atoms with Gasteiger partial charge < -0.3 is 5.32 Å². The Kier molecular flexibility index (Phi) is 9.75. The lowest BCUT2D eigenvalue weighted by atomic mass is 10.4. The molecule has 4 nitrogen and oxygen atoms in total. The minimum absolute atomic E-state index is 0.108. The van der Waals surface area contributed by atoms with Crippen LogP contribution in [-0.4, -0.2) is 32.8 Å². The van der Waals surface area contributed by atoms with Gasteiger partial charge in [-0.05, 0) is 20.5 Å². The van der Waals surface area contributed by atoms with Crippen LogP contribution in [0.15, 0.2) is 0 Å². The van der Waals surface area contributed by atoms with Gasteiger partial charge in [-0.25, -0.2) is 0 Å². The fourth-order valence-corrected chi connectivity index (χ4v) is 0.980. The van der Waals surface area contributed by atoms with Crippen molar-refractivity contribution >= 4 is 10.1 Å². The van der Waals surface area contributed by atoms with E-state index in [-0.39, 0.29) is 5.75 Å². The molecule has 0 heterocycles. The standard InChI is InChI=1S/C4H10O3S.C2H7N/c1-2-3-4-8(5,6)7;1-3-2/h2-4H2,1H3,(H,5,6,7);3H,1-2H3. The molecule has 0 radical (unpaired) electrons. The molecule has 0 aromatic rings. The molecule has 0 amide bonds. The van der Waals surface area contributed by atoms with Crippen molar-refractivity contribution < 1.29 is 13.0 Å². The van der Waals surface area contributed by atoms with E-state index in [0.717, 1.165) is 6.42 Å². The second-order valence-corrected chi connectivity index (χ2v) is 3.71. The smallest absolute Gasteiger partial charge is 0.264 e. The molecule has 0 rings (SSSR count). The fraction of sp³-hybridized carbons (Fsp3) is 1.00. The molecule has 0 saturated heterocycles. The van der Waals surface area contributed by atoms with Crippen molar-refractivity contribution in [3.05, 3.63) is 0 Å². The maximum atomic E-state index is 9.95. The van der Waals surface area contributed by atoms with E-state index in [9.17, 15) is 8.42 Å². The van der Waals surface area contributed by atoms with Gasteiger partial charge in [0, 0.05) is 0 Å². The summed E-state index contributed by atoms with van der Waals surface area (Å²) >= 11 is 0. The van der Waals surface area contributed by atoms with Crippen LogP contribution in [0.5, 0.6) is 0 Å². The molecule has 2 N–H and O–H groups in total. The van der Waals surface area contributed by atoms with Gasteiger partial charge in [0.05, 0.1) is 5.75 Å². The lowest BCUT2D eigenvalue weighted by Crippen LogP contribution is -2.02. The molecule has 0 aromatic heterocycles. The monoisotopic (exact) mass is 183 g/mol. The summed E-state index contributed by atoms with van der Waals surface area (Å²) in [5.74, 6) is -0.108. The predicted molar refractivity (Wildman–Crippen MR) is 46.3 cm³/mol. The number of unbranched alkanes of at least 4 members (excludes halogenated alkanes) is 1. The fourth-order valence-electron chi connectivity index (χ4n) is 0.327. The van der Waals surface area contributed by atoms with E-state index in [0.29, 0.717) is 6.42 Å². The Morgan fingerprint density at radius 2 is 1.73 bits per heavy atom. The lowest BCUT2D eigenvalue weighted by Gasteiger charge is -1.90. The molecule has 0 aromatic carbocycles. The summed E-state index contributed by atoms with van der Waals surface area (Å²) in [7, 11) is 0.0637. The second-order valence-electron chi connectivity index (χ2n) is 2.14. The van der Waals surface area contributed by atoms with Gasteiger partial charge in [0.15, 0.2) is 0 Å². The molecular formula is C6H17NO3S. The highest BCUT2D eigenvalue weighted by atomic mass is 32.2. The van der Waals surface area contributed by atoms with E-state index in [2.05, 4.69) is 5.32 Å². The maximum Gasteiger partial charge on any atom is 0.264 e. The molecule has 0 atom stereocenters. The van der Waals surface area contributed by atoms with E-state index in [1.54, 1.807) is 0 Å². The topological polar surface area (TPSA) is 66.4 Å². The van der Waals surface area contributed by atoms with E-state index in [4.69, 9.17) is 4.55 Å². The zero-order chi connectivity index (χ0) is 9.33. The molecule has 11 heavy (non-hydrogen) atoms. The van der Waals surface area contributed by atoms with Crippen molar-refractivity contribution in [1.82, 2.24) is 5.32 Å². The Morgan fingerprint density at radius 1 is 1.36 bits per heavy atom. The maximum absolute atomic E-state index is 9.95. The summed E-state index contributed by atoms with van der Waals surface area (Å²) in [6, 6.07) is 0. The second kappa shape index (κ2) is 7.97. The summed E-state index contributed by atoms with van der Waals surface area (Å²) < 4.78 is 28.0. The molecule has 0 aliphatic heterocycles. The van der Waals surface area contributed by atoms with Gasteiger partial charge in [-0.15, -0.1) is 0 Å². The minimum Gasteiger partial charge on any atom is -0.323 e. The predicted octanol–water partition coefficient (Wildman–Crippen LogP) is 0.510. The lowest BCUT2D eigenvalue weighted by molar-refractivity contribution is 0.480. The van der Waals surface area contributed by atoms with Crippen molar-refractivity contribution in [3.63, 3.8) is 0 Å². The highest BCUT2D eigenvalue weighted by molar-refractivity contribution is 7.85. The van der Waals surface area contributed by atoms with Gasteiger partial charge >= 0.3 is 0 Å². The molecule has 0 unspecified atom stereocenters. The van der Waals surface area contributed by atoms with E-state index < -0.39 is 10.1 Å². The van der Waals surface area contributed by atoms with Crippen molar-refractivity contribution in [2.45, 2.75) is 19.8 Å². The molecule has 0 spiro atoms. The third-order valence-corrected chi connectivity index (χ3v) is 1.56. The van der Waals surface area contributed by atoms with Crippen LogP contribution in [0.1, 0.15) is 19.8 Å². The van der Waals surface area contributed by atoms with Crippen molar-refractivity contribution in [2.75, 3.05) is 19.8 Å². The summed E-state index contributed by atoms with van der Waals surface area (Å²) in [5.41, 5.74) is 0. The van der Waals surface area contributed by atoms with Crippen LogP contribution in [0.4, 0.5) is 0 Å². The van der Waals surface area contributed by atoms with Crippen LogP contribution in [-0.2, 0) is 10.1 Å². The summed E-state index contributed by atoms with van der Waals surface area (Å²) in [5, 5.41) is 2.75. The Bertz CT molecular complexity index is 153. The van der Waals surface area contributed by atoms with Crippen molar-refractivity contribution in [2.24, 2.45) is 0 Å². The summed E-state index contributed by atoms with van der Waals surface area (Å²) in [6.07, 6.45) is 1.33. The normalized spacial score (nSPS) is 10.2. The van der Waals surface area contributed by atoms with Gasteiger partial charge in [-0.3, -0.25) is 4.55 Å². The van der Waals surface area contributed by atoms with Gasteiger partial charge in [0.25, 0.3) is 10.1 Å². The Balaban J connectivity index is 0. The summed E-state index contributed by atoms with van der Waals surface area (Å²) in [6.45, 7) is 1.87. The number of hydrogen-bond donors (Lipinski definition) is 2. The zero-order valence-electron chi connectivity index (χ0n) is 7.29. The highest BCUT2D eigenvalue weighted by Crippen LogP contribution is 1.90. The first-order valence-corrected chi connectivity index (χ1v) is 5.12. The average molecular weight is 183 g/mol. The largest absolute Gasteiger partial charge is 0.323 e. The minimum atomic E-state index is -3.69. The Labute approximate surface area is 68.7 Å². The number of nitrogens with one attached hydrogen (secondary N) is 1. The molecule has 70 valence electrons.